The highest BCUT2D eigenvalue weighted by Gasteiger charge is 2.40. The number of hydrogen-bond donors (Lipinski definition) is 0. The Morgan fingerprint density at radius 1 is 0.969 bits per heavy atom. The molecule has 0 saturated heterocycles. The number of furan rings is 1. The molecule has 0 aliphatic heterocycles. The summed E-state index contributed by atoms with van der Waals surface area (Å²) in [6.45, 7) is 2.48. The van der Waals surface area contributed by atoms with Crippen molar-refractivity contribution in [3.63, 3.8) is 0 Å². The smallest absolute Gasteiger partial charge is 0.243 e. The molecule has 4 rings (SSSR count). The van der Waals surface area contributed by atoms with Crippen molar-refractivity contribution >= 4 is 15.9 Å². The van der Waals surface area contributed by atoms with E-state index in [0.717, 1.165) is 24.2 Å². The molecule has 3 aromatic rings. The summed E-state index contributed by atoms with van der Waals surface area (Å²) in [6, 6.07) is 21.9. The molecule has 1 aromatic heterocycles. The SMILES string of the molecule is Cc1ccc(CN(CCc2ccccc2)C(=O)CN(C2CC2)S(=O)(=O)c2ccccc2)o1. The number of aryl methyl sites for hydroxylation is 1. The number of carbonyl (C=O) groups excluding carboxylic acids is 1. The standard InChI is InChI=1S/C25H28N2O4S/c1-20-12-15-23(31-20)18-26(17-16-21-8-4-2-5-9-21)25(28)19-27(22-13-14-22)32(29,30)24-10-6-3-7-11-24/h2-12,15,22H,13-14,16-19H2,1H3. The van der Waals surface area contributed by atoms with Crippen molar-refractivity contribution in [1.82, 2.24) is 9.21 Å². The Hall–Kier alpha value is -2.90. The normalized spacial score (nSPS) is 13.9. The van der Waals surface area contributed by atoms with E-state index >= 15 is 0 Å². The summed E-state index contributed by atoms with van der Waals surface area (Å²) in [5, 5.41) is 0. The van der Waals surface area contributed by atoms with E-state index in [-0.39, 0.29) is 23.4 Å². The minimum Gasteiger partial charge on any atom is -0.464 e. The van der Waals surface area contributed by atoms with Crippen LogP contribution in [0.5, 0.6) is 0 Å². The molecule has 1 fully saturated rings. The van der Waals surface area contributed by atoms with Gasteiger partial charge in [0.1, 0.15) is 11.5 Å². The Kier molecular flexibility index (Phi) is 6.77. The number of nitrogens with zero attached hydrogens (tertiary/aromatic N) is 2. The maximum Gasteiger partial charge on any atom is 0.243 e. The largest absolute Gasteiger partial charge is 0.464 e. The average Bonchev–Trinajstić information content (AvgIpc) is 3.56. The van der Waals surface area contributed by atoms with Gasteiger partial charge in [-0.25, -0.2) is 8.42 Å². The maximum absolute atomic E-state index is 13.4. The molecule has 0 N–H and O–H groups in total. The van der Waals surface area contributed by atoms with Crippen molar-refractivity contribution in [2.75, 3.05) is 13.1 Å². The first kappa shape index (κ1) is 22.3. The zero-order chi connectivity index (χ0) is 22.6. The fraction of sp³-hybridized carbons (Fsp3) is 0.320. The Morgan fingerprint density at radius 2 is 1.62 bits per heavy atom. The summed E-state index contributed by atoms with van der Waals surface area (Å²) < 4.78 is 33.6. The van der Waals surface area contributed by atoms with Crippen LogP contribution in [0, 0.1) is 6.92 Å². The minimum absolute atomic E-state index is 0.119. The number of carbonyl (C=O) groups is 1. The third-order valence-corrected chi connectivity index (χ3v) is 7.52. The van der Waals surface area contributed by atoms with Crippen LogP contribution >= 0.6 is 0 Å². The molecule has 0 unspecified atom stereocenters. The molecular weight excluding hydrogens is 424 g/mol. The Balaban J connectivity index is 1.53. The first-order valence-electron chi connectivity index (χ1n) is 10.9. The van der Waals surface area contributed by atoms with Gasteiger partial charge in [0, 0.05) is 12.6 Å². The van der Waals surface area contributed by atoms with E-state index in [1.54, 1.807) is 35.2 Å². The van der Waals surface area contributed by atoms with Crippen molar-refractivity contribution in [3.8, 4) is 0 Å². The van der Waals surface area contributed by atoms with Crippen LogP contribution in [0.15, 0.2) is 82.1 Å². The van der Waals surface area contributed by atoms with Crippen LogP contribution in [0.2, 0.25) is 0 Å². The number of sulfonamides is 1. The zero-order valence-electron chi connectivity index (χ0n) is 18.2. The first-order valence-corrected chi connectivity index (χ1v) is 12.3. The van der Waals surface area contributed by atoms with Crippen molar-refractivity contribution < 1.29 is 17.6 Å². The van der Waals surface area contributed by atoms with Gasteiger partial charge in [-0.3, -0.25) is 4.79 Å². The molecule has 1 heterocycles. The molecule has 6 nitrogen and oxygen atoms in total. The van der Waals surface area contributed by atoms with Crippen LogP contribution in [0.1, 0.15) is 29.9 Å². The van der Waals surface area contributed by atoms with Crippen molar-refractivity contribution in [1.29, 1.82) is 0 Å². The van der Waals surface area contributed by atoms with Crippen LogP contribution in [-0.2, 0) is 27.8 Å². The van der Waals surface area contributed by atoms with Crippen LogP contribution in [-0.4, -0.2) is 42.7 Å². The lowest BCUT2D eigenvalue weighted by Crippen LogP contribution is -2.44. The van der Waals surface area contributed by atoms with Crippen LogP contribution in [0.3, 0.4) is 0 Å². The lowest BCUT2D eigenvalue weighted by atomic mass is 10.1. The summed E-state index contributed by atoms with van der Waals surface area (Å²) in [5.41, 5.74) is 1.12. The second-order valence-corrected chi connectivity index (χ2v) is 10.0. The van der Waals surface area contributed by atoms with Crippen LogP contribution in [0.25, 0.3) is 0 Å². The van der Waals surface area contributed by atoms with Gasteiger partial charge in [0.2, 0.25) is 15.9 Å². The van der Waals surface area contributed by atoms with E-state index in [0.29, 0.717) is 25.3 Å². The second kappa shape index (κ2) is 9.71. The summed E-state index contributed by atoms with van der Waals surface area (Å²) in [4.78, 5) is 15.3. The molecule has 0 radical (unpaired) electrons. The van der Waals surface area contributed by atoms with Gasteiger partial charge in [-0.1, -0.05) is 48.5 Å². The van der Waals surface area contributed by atoms with Crippen molar-refractivity contribution in [2.24, 2.45) is 0 Å². The first-order chi connectivity index (χ1) is 15.4. The number of amides is 1. The van der Waals surface area contributed by atoms with E-state index in [1.807, 2.05) is 49.4 Å². The van der Waals surface area contributed by atoms with Gasteiger partial charge in [0.25, 0.3) is 0 Å². The second-order valence-electron chi connectivity index (χ2n) is 8.16. The van der Waals surface area contributed by atoms with Crippen molar-refractivity contribution in [2.45, 2.75) is 43.7 Å². The quantitative estimate of drug-likeness (QED) is 0.466. The highest BCUT2D eigenvalue weighted by Crippen LogP contribution is 2.32. The lowest BCUT2D eigenvalue weighted by Gasteiger charge is -2.27. The predicted molar refractivity (Wildman–Crippen MR) is 122 cm³/mol. The van der Waals surface area contributed by atoms with Gasteiger partial charge in [-0.15, -0.1) is 0 Å². The van der Waals surface area contributed by atoms with Gasteiger partial charge in [0.05, 0.1) is 18.0 Å². The van der Waals surface area contributed by atoms with E-state index < -0.39 is 10.0 Å². The molecule has 1 aliphatic carbocycles. The minimum atomic E-state index is -3.74. The predicted octanol–water partition coefficient (Wildman–Crippen LogP) is 4.01. The van der Waals surface area contributed by atoms with E-state index in [1.165, 1.54) is 4.31 Å². The summed E-state index contributed by atoms with van der Waals surface area (Å²) in [7, 11) is -3.74. The van der Waals surface area contributed by atoms with Gasteiger partial charge in [-0.2, -0.15) is 4.31 Å². The molecule has 0 bridgehead atoms. The molecule has 2 aromatic carbocycles. The highest BCUT2D eigenvalue weighted by atomic mass is 32.2. The molecule has 7 heteroatoms. The third kappa shape index (κ3) is 5.47. The molecule has 0 spiro atoms. The molecular formula is C25H28N2O4S. The van der Waals surface area contributed by atoms with E-state index in [9.17, 15) is 13.2 Å². The molecule has 32 heavy (non-hydrogen) atoms. The molecule has 1 saturated carbocycles. The zero-order valence-corrected chi connectivity index (χ0v) is 19.0. The molecule has 0 atom stereocenters. The molecule has 1 amide bonds. The topological polar surface area (TPSA) is 70.8 Å². The van der Waals surface area contributed by atoms with Gasteiger partial charge < -0.3 is 9.32 Å². The van der Waals surface area contributed by atoms with Crippen LogP contribution < -0.4 is 0 Å². The van der Waals surface area contributed by atoms with E-state index in [4.69, 9.17) is 4.42 Å². The molecule has 1 aliphatic rings. The van der Waals surface area contributed by atoms with E-state index in [2.05, 4.69) is 0 Å². The monoisotopic (exact) mass is 452 g/mol. The average molecular weight is 453 g/mol. The van der Waals surface area contributed by atoms with Gasteiger partial charge >= 0.3 is 0 Å². The molecule has 168 valence electrons. The highest BCUT2D eigenvalue weighted by molar-refractivity contribution is 7.89. The number of hydrogen-bond acceptors (Lipinski definition) is 4. The van der Waals surface area contributed by atoms with Gasteiger partial charge in [-0.05, 0) is 56.0 Å². The fourth-order valence-corrected chi connectivity index (χ4v) is 5.35. The number of rotatable bonds is 10. The fourth-order valence-electron chi connectivity index (χ4n) is 3.69. The lowest BCUT2D eigenvalue weighted by molar-refractivity contribution is -0.132. The summed E-state index contributed by atoms with van der Waals surface area (Å²) in [5.74, 6) is 1.25. The van der Waals surface area contributed by atoms with Gasteiger partial charge in [0.15, 0.2) is 0 Å². The summed E-state index contributed by atoms with van der Waals surface area (Å²) >= 11 is 0. The Morgan fingerprint density at radius 3 is 2.22 bits per heavy atom. The summed E-state index contributed by atoms with van der Waals surface area (Å²) in [6.07, 6.45) is 2.24. The maximum atomic E-state index is 13.4. The number of benzene rings is 2. The Bertz CT molecular complexity index is 1140. The van der Waals surface area contributed by atoms with Crippen LogP contribution in [0.4, 0.5) is 0 Å². The third-order valence-electron chi connectivity index (χ3n) is 5.60. The Labute approximate surface area is 189 Å². The van der Waals surface area contributed by atoms with Crippen molar-refractivity contribution in [3.05, 3.63) is 89.9 Å².